The molecule has 0 aliphatic rings. The number of alkyl halides is 2. The second kappa shape index (κ2) is 10.7. The topological polar surface area (TPSA) is 56.8 Å². The van der Waals surface area contributed by atoms with E-state index >= 15 is 0 Å². The minimum atomic E-state index is -2.48. The summed E-state index contributed by atoms with van der Waals surface area (Å²) in [5.41, 5.74) is 0. The Morgan fingerprint density at radius 1 is 1.25 bits per heavy atom. The maximum atomic E-state index is 11.6. The highest BCUT2D eigenvalue weighted by atomic mass is 19.3. The van der Waals surface area contributed by atoms with Crippen LogP contribution in [0.4, 0.5) is 8.78 Å². The summed E-state index contributed by atoms with van der Waals surface area (Å²) in [7, 11) is 1.53. The van der Waals surface area contributed by atoms with Gasteiger partial charge in [-0.05, 0) is 0 Å². The van der Waals surface area contributed by atoms with Crippen LogP contribution in [-0.2, 0) is 19.0 Å². The third kappa shape index (κ3) is 11.3. The standard InChI is InChI=1S/C9H17F2NO4/c1-14-4-5-16-7-9(13)12-2-3-15-6-8(10)11/h8H,2-7H2,1H3,(H,12,13). The number of amides is 1. The summed E-state index contributed by atoms with van der Waals surface area (Å²) in [6, 6.07) is 0. The molecule has 0 saturated carbocycles. The average Bonchev–Trinajstić information content (AvgIpc) is 2.23. The lowest BCUT2D eigenvalue weighted by Gasteiger charge is -2.06. The molecule has 0 atom stereocenters. The molecule has 0 aromatic carbocycles. The van der Waals surface area contributed by atoms with Gasteiger partial charge in [0.15, 0.2) is 0 Å². The van der Waals surface area contributed by atoms with Crippen molar-refractivity contribution in [3.05, 3.63) is 0 Å². The Bertz CT molecular complexity index is 181. The molecule has 0 heterocycles. The van der Waals surface area contributed by atoms with Crippen molar-refractivity contribution in [1.29, 1.82) is 0 Å². The summed E-state index contributed by atoms with van der Waals surface area (Å²) in [5, 5.41) is 2.46. The summed E-state index contributed by atoms with van der Waals surface area (Å²) in [6.45, 7) is 0.336. The smallest absolute Gasteiger partial charge is 0.261 e. The van der Waals surface area contributed by atoms with E-state index in [0.717, 1.165) is 0 Å². The first-order chi connectivity index (χ1) is 7.66. The molecule has 0 aromatic rings. The fourth-order valence-corrected chi connectivity index (χ4v) is 0.793. The zero-order chi connectivity index (χ0) is 12.2. The van der Waals surface area contributed by atoms with Gasteiger partial charge < -0.3 is 19.5 Å². The molecule has 0 fully saturated rings. The van der Waals surface area contributed by atoms with Crippen LogP contribution in [0.25, 0.3) is 0 Å². The third-order valence-corrected chi connectivity index (χ3v) is 1.48. The molecule has 0 saturated heterocycles. The van der Waals surface area contributed by atoms with Gasteiger partial charge >= 0.3 is 0 Å². The predicted octanol–water partition coefficient (Wildman–Crippen LogP) is 0.0473. The van der Waals surface area contributed by atoms with E-state index in [9.17, 15) is 13.6 Å². The number of carbonyl (C=O) groups excluding carboxylic acids is 1. The first-order valence-electron chi connectivity index (χ1n) is 4.86. The van der Waals surface area contributed by atoms with E-state index in [0.29, 0.717) is 13.2 Å². The zero-order valence-electron chi connectivity index (χ0n) is 9.21. The Morgan fingerprint density at radius 3 is 2.62 bits per heavy atom. The van der Waals surface area contributed by atoms with E-state index in [2.05, 4.69) is 10.1 Å². The van der Waals surface area contributed by atoms with Crippen LogP contribution in [0.15, 0.2) is 0 Å². The third-order valence-electron chi connectivity index (χ3n) is 1.48. The summed E-state index contributed by atoms with van der Waals surface area (Å²) in [4.78, 5) is 11.0. The molecule has 7 heteroatoms. The van der Waals surface area contributed by atoms with E-state index in [1.807, 2.05) is 0 Å². The Balaban J connectivity index is 3.17. The lowest BCUT2D eigenvalue weighted by molar-refractivity contribution is -0.126. The molecule has 0 aromatic heterocycles. The minimum absolute atomic E-state index is 0.0636. The van der Waals surface area contributed by atoms with Crippen LogP contribution in [0, 0.1) is 0 Å². The van der Waals surface area contributed by atoms with E-state index in [1.165, 1.54) is 7.11 Å². The lowest BCUT2D eigenvalue weighted by Crippen LogP contribution is -2.31. The number of methoxy groups -OCH3 is 1. The molecule has 1 amide bonds. The van der Waals surface area contributed by atoms with Crippen LogP contribution >= 0.6 is 0 Å². The second-order valence-corrected chi connectivity index (χ2v) is 2.86. The van der Waals surface area contributed by atoms with E-state index in [4.69, 9.17) is 9.47 Å². The molecule has 16 heavy (non-hydrogen) atoms. The van der Waals surface area contributed by atoms with Crippen LogP contribution in [0.3, 0.4) is 0 Å². The Kier molecular flexibility index (Phi) is 10.2. The normalized spacial score (nSPS) is 10.8. The molecule has 0 bridgehead atoms. The molecule has 0 unspecified atom stereocenters. The summed E-state index contributed by atoms with van der Waals surface area (Å²) < 4.78 is 37.4. The van der Waals surface area contributed by atoms with Crippen LogP contribution in [0.5, 0.6) is 0 Å². The quantitative estimate of drug-likeness (QED) is 0.549. The molecule has 0 radical (unpaired) electrons. The highest BCUT2D eigenvalue weighted by Crippen LogP contribution is 1.91. The van der Waals surface area contributed by atoms with Crippen molar-refractivity contribution in [2.24, 2.45) is 0 Å². The molecule has 0 aliphatic carbocycles. The van der Waals surface area contributed by atoms with Gasteiger partial charge in [-0.1, -0.05) is 0 Å². The van der Waals surface area contributed by atoms with Gasteiger partial charge in [-0.2, -0.15) is 0 Å². The number of nitrogens with one attached hydrogen (secondary N) is 1. The van der Waals surface area contributed by atoms with Crippen molar-refractivity contribution in [3.63, 3.8) is 0 Å². The molecular formula is C9H17F2NO4. The van der Waals surface area contributed by atoms with Gasteiger partial charge in [0.05, 0.1) is 19.8 Å². The van der Waals surface area contributed by atoms with Crippen LogP contribution in [0.1, 0.15) is 0 Å². The average molecular weight is 241 g/mol. The fourth-order valence-electron chi connectivity index (χ4n) is 0.793. The SMILES string of the molecule is COCCOCC(=O)NCCOCC(F)F. The van der Waals surface area contributed by atoms with Crippen molar-refractivity contribution < 1.29 is 27.8 Å². The number of carbonyl (C=O) groups is 1. The van der Waals surface area contributed by atoms with Crippen molar-refractivity contribution in [3.8, 4) is 0 Å². The number of hydrogen-bond donors (Lipinski definition) is 1. The van der Waals surface area contributed by atoms with Gasteiger partial charge in [-0.25, -0.2) is 8.78 Å². The first-order valence-corrected chi connectivity index (χ1v) is 4.86. The largest absolute Gasteiger partial charge is 0.382 e. The van der Waals surface area contributed by atoms with Crippen molar-refractivity contribution >= 4 is 5.91 Å². The first kappa shape index (κ1) is 15.2. The summed E-state index contributed by atoms with van der Waals surface area (Å²) in [6.07, 6.45) is -2.48. The Morgan fingerprint density at radius 2 is 2.00 bits per heavy atom. The summed E-state index contributed by atoms with van der Waals surface area (Å²) >= 11 is 0. The van der Waals surface area contributed by atoms with Gasteiger partial charge in [0.25, 0.3) is 6.43 Å². The maximum Gasteiger partial charge on any atom is 0.261 e. The number of halogens is 2. The number of ether oxygens (including phenoxy) is 3. The van der Waals surface area contributed by atoms with Gasteiger partial charge in [-0.15, -0.1) is 0 Å². The zero-order valence-corrected chi connectivity index (χ0v) is 9.21. The molecule has 0 rings (SSSR count). The molecule has 0 aliphatic heterocycles. The molecule has 1 N–H and O–H groups in total. The van der Waals surface area contributed by atoms with E-state index < -0.39 is 13.0 Å². The summed E-state index contributed by atoms with van der Waals surface area (Å²) in [5.74, 6) is -0.309. The maximum absolute atomic E-state index is 11.6. The highest BCUT2D eigenvalue weighted by molar-refractivity contribution is 5.77. The van der Waals surface area contributed by atoms with Gasteiger partial charge in [-0.3, -0.25) is 4.79 Å². The minimum Gasteiger partial charge on any atom is -0.382 e. The second-order valence-electron chi connectivity index (χ2n) is 2.86. The monoisotopic (exact) mass is 241 g/mol. The molecule has 5 nitrogen and oxygen atoms in total. The van der Waals surface area contributed by atoms with Crippen molar-refractivity contribution in [2.75, 3.05) is 46.7 Å². The Hall–Kier alpha value is -0.790. The van der Waals surface area contributed by atoms with E-state index in [1.54, 1.807) is 0 Å². The van der Waals surface area contributed by atoms with Crippen molar-refractivity contribution in [1.82, 2.24) is 5.32 Å². The van der Waals surface area contributed by atoms with Gasteiger partial charge in [0, 0.05) is 13.7 Å². The lowest BCUT2D eigenvalue weighted by atomic mass is 10.6. The molecular weight excluding hydrogens is 224 g/mol. The molecule has 96 valence electrons. The number of rotatable bonds is 10. The van der Waals surface area contributed by atoms with Gasteiger partial charge in [0.2, 0.25) is 5.91 Å². The van der Waals surface area contributed by atoms with E-state index in [-0.39, 0.29) is 25.7 Å². The van der Waals surface area contributed by atoms with Crippen LogP contribution in [0.2, 0.25) is 0 Å². The fraction of sp³-hybridized carbons (Fsp3) is 0.889. The van der Waals surface area contributed by atoms with Crippen molar-refractivity contribution in [2.45, 2.75) is 6.43 Å². The predicted molar refractivity (Wildman–Crippen MR) is 52.5 cm³/mol. The van der Waals surface area contributed by atoms with Crippen LogP contribution < -0.4 is 5.32 Å². The highest BCUT2D eigenvalue weighted by Gasteiger charge is 2.03. The Labute approximate surface area is 93.0 Å². The molecule has 0 spiro atoms. The number of hydrogen-bond acceptors (Lipinski definition) is 4. The van der Waals surface area contributed by atoms with Crippen LogP contribution in [-0.4, -0.2) is 59.0 Å². The van der Waals surface area contributed by atoms with Gasteiger partial charge in [0.1, 0.15) is 13.2 Å².